The van der Waals surface area contributed by atoms with Gasteiger partial charge in [-0.15, -0.1) is 0 Å². The van der Waals surface area contributed by atoms with Crippen LogP contribution >= 0.6 is 11.6 Å². The average Bonchev–Trinajstić information content (AvgIpc) is 3.86. The summed E-state index contributed by atoms with van der Waals surface area (Å²) in [6.45, 7) is 11.2. The molecule has 5 N–H and O–H groups in total. The Labute approximate surface area is 328 Å². The van der Waals surface area contributed by atoms with Crippen molar-refractivity contribution in [3.8, 4) is 5.88 Å². The van der Waals surface area contributed by atoms with Gasteiger partial charge in [0.25, 0.3) is 5.91 Å². The molecule has 2 heterocycles. The highest BCUT2D eigenvalue weighted by Gasteiger charge is 2.47. The van der Waals surface area contributed by atoms with Crippen LogP contribution in [0.1, 0.15) is 106 Å². The first-order chi connectivity index (χ1) is 26.0. The van der Waals surface area contributed by atoms with Crippen molar-refractivity contribution in [2.75, 3.05) is 13.1 Å². The number of carbonyl (C=O) groups is 7. The number of hydrogen-bond acceptors (Lipinski definition) is 9. The number of halogens is 1. The van der Waals surface area contributed by atoms with Gasteiger partial charge in [0.2, 0.25) is 29.4 Å². The molecule has 15 nitrogen and oxygen atoms in total. The van der Waals surface area contributed by atoms with E-state index in [1.54, 1.807) is 32.9 Å². The molecular weight excluding hydrogens is 730 g/mol. The van der Waals surface area contributed by atoms with Crippen LogP contribution in [0.25, 0.3) is 0 Å². The molecule has 1 unspecified atom stereocenters. The Kier molecular flexibility index (Phi) is 15.4. The normalized spacial score (nSPS) is 20.5. The molecule has 3 aliphatic rings. The largest absolute Gasteiger partial charge is 0.472 e. The SMILES string of the molecule is CCC[C@H](NC(=O)C1C[C@@H](Oc2ccc(Cl)cn2)CN1C(=O)[C@@H](NC(=O)[C@@H](NC(=O)C(=O)NCC(C)C)C1CCCCC1)C(C)(C)C)C(=O)C(=O)NC1CC1. The van der Waals surface area contributed by atoms with Crippen LogP contribution in [-0.2, 0) is 33.6 Å². The van der Waals surface area contributed by atoms with Gasteiger partial charge in [-0.25, -0.2) is 4.98 Å². The van der Waals surface area contributed by atoms with E-state index in [0.717, 1.165) is 32.1 Å². The number of likely N-dealkylation sites (tertiary alicyclic amines) is 1. The van der Waals surface area contributed by atoms with Crippen LogP contribution < -0.4 is 31.3 Å². The zero-order chi connectivity index (χ0) is 40.4. The minimum Gasteiger partial charge on any atom is -0.472 e. The summed E-state index contributed by atoms with van der Waals surface area (Å²) in [6, 6.07) is -1.39. The smallest absolute Gasteiger partial charge is 0.309 e. The standard InChI is InChI=1S/C39H58ClN7O8/c1-7-11-27(31(48)35(51)43-25-15-16-25)44-33(49)28-18-26(55-29-17-14-24(40)20-41-29)21-47(28)38(54)32(39(4,5)6)46-34(50)30(23-12-9-8-10-13-23)45-37(53)36(52)42-19-22(2)3/h14,17,20,22-23,25-28,30,32H,7-13,15-16,18-19,21H2,1-6H3,(H,42,52)(H,43,51)(H,44,49)(H,45,53)(H,46,50)/t26-,27+,28?,30+,32-/m1/s1. The van der Waals surface area contributed by atoms with Gasteiger partial charge in [0.1, 0.15) is 24.2 Å². The third-order valence-corrected chi connectivity index (χ3v) is 10.4. The molecule has 4 rings (SSSR count). The molecule has 2 saturated carbocycles. The van der Waals surface area contributed by atoms with E-state index in [-0.39, 0.29) is 49.7 Å². The molecule has 0 spiro atoms. The lowest BCUT2D eigenvalue weighted by Gasteiger charge is -2.37. The first-order valence-corrected chi connectivity index (χ1v) is 20.0. The number of pyridine rings is 1. The van der Waals surface area contributed by atoms with Crippen LogP contribution in [0.4, 0.5) is 0 Å². The van der Waals surface area contributed by atoms with E-state index >= 15 is 0 Å². The Hall–Kier alpha value is -4.27. The second-order valence-electron chi connectivity index (χ2n) is 16.5. The van der Waals surface area contributed by atoms with Crippen molar-refractivity contribution >= 4 is 52.8 Å². The Morgan fingerprint density at radius 1 is 0.927 bits per heavy atom. The van der Waals surface area contributed by atoms with Crippen molar-refractivity contribution in [1.82, 2.24) is 36.5 Å². The lowest BCUT2D eigenvalue weighted by Crippen LogP contribution is -2.62. The summed E-state index contributed by atoms with van der Waals surface area (Å²) in [7, 11) is 0. The average molecular weight is 788 g/mol. The zero-order valence-electron chi connectivity index (χ0n) is 32.9. The summed E-state index contributed by atoms with van der Waals surface area (Å²) < 4.78 is 6.10. The van der Waals surface area contributed by atoms with Gasteiger partial charge in [0.15, 0.2) is 0 Å². The van der Waals surface area contributed by atoms with Gasteiger partial charge in [-0.2, -0.15) is 0 Å². The van der Waals surface area contributed by atoms with Crippen molar-refractivity contribution in [2.45, 2.75) is 142 Å². The summed E-state index contributed by atoms with van der Waals surface area (Å²) >= 11 is 6.01. The summed E-state index contributed by atoms with van der Waals surface area (Å²) in [5.41, 5.74) is -0.887. The van der Waals surface area contributed by atoms with Gasteiger partial charge in [-0.05, 0) is 55.4 Å². The molecule has 1 aliphatic heterocycles. The van der Waals surface area contributed by atoms with Crippen molar-refractivity contribution in [3.05, 3.63) is 23.4 Å². The van der Waals surface area contributed by atoms with Gasteiger partial charge < -0.3 is 36.2 Å². The van der Waals surface area contributed by atoms with E-state index in [1.165, 1.54) is 11.1 Å². The van der Waals surface area contributed by atoms with E-state index in [4.69, 9.17) is 16.3 Å². The van der Waals surface area contributed by atoms with Gasteiger partial charge in [-0.3, -0.25) is 33.6 Å². The lowest BCUT2D eigenvalue weighted by atomic mass is 9.82. The van der Waals surface area contributed by atoms with Crippen LogP contribution in [0.5, 0.6) is 5.88 Å². The fraction of sp³-hybridized carbons (Fsp3) is 0.692. The predicted molar refractivity (Wildman–Crippen MR) is 205 cm³/mol. The first-order valence-electron chi connectivity index (χ1n) is 19.6. The Morgan fingerprint density at radius 3 is 2.20 bits per heavy atom. The lowest BCUT2D eigenvalue weighted by molar-refractivity contribution is -0.146. The molecule has 304 valence electrons. The Balaban J connectivity index is 1.59. The fourth-order valence-electron chi connectivity index (χ4n) is 6.94. The number of ketones is 1. The highest BCUT2D eigenvalue weighted by molar-refractivity contribution is 6.38. The summed E-state index contributed by atoms with van der Waals surface area (Å²) in [5, 5.41) is 13.9. The number of Topliss-reactive ketones (excluding diaryl/α,β-unsaturated/α-hetero) is 1. The highest BCUT2D eigenvalue weighted by atomic mass is 35.5. The van der Waals surface area contributed by atoms with E-state index in [2.05, 4.69) is 31.6 Å². The van der Waals surface area contributed by atoms with Crippen LogP contribution in [0, 0.1) is 17.3 Å². The number of carbonyl (C=O) groups excluding carboxylic acids is 7. The van der Waals surface area contributed by atoms with Gasteiger partial charge in [0, 0.05) is 31.3 Å². The molecule has 6 amide bonds. The molecule has 2 aliphatic carbocycles. The van der Waals surface area contributed by atoms with Crippen molar-refractivity contribution in [3.63, 3.8) is 0 Å². The number of rotatable bonds is 16. The van der Waals surface area contributed by atoms with Gasteiger partial charge in [-0.1, -0.05) is 78.8 Å². The number of ether oxygens (including phenoxy) is 1. The third kappa shape index (κ3) is 12.6. The molecule has 0 aromatic carbocycles. The topological polar surface area (TPSA) is 205 Å². The molecule has 0 radical (unpaired) electrons. The van der Waals surface area contributed by atoms with E-state index in [1.807, 2.05) is 20.8 Å². The number of aromatic nitrogens is 1. The maximum Gasteiger partial charge on any atom is 0.309 e. The van der Waals surface area contributed by atoms with Crippen molar-refractivity contribution in [1.29, 1.82) is 0 Å². The van der Waals surface area contributed by atoms with Crippen LogP contribution in [0.3, 0.4) is 0 Å². The summed E-state index contributed by atoms with van der Waals surface area (Å²) in [6.07, 6.45) is 7.03. The second kappa shape index (κ2) is 19.5. The highest BCUT2D eigenvalue weighted by Crippen LogP contribution is 2.30. The van der Waals surface area contributed by atoms with E-state index in [0.29, 0.717) is 24.3 Å². The van der Waals surface area contributed by atoms with Crippen LogP contribution in [0.15, 0.2) is 18.3 Å². The van der Waals surface area contributed by atoms with Crippen molar-refractivity contribution < 1.29 is 38.3 Å². The van der Waals surface area contributed by atoms with Crippen LogP contribution in [0.2, 0.25) is 5.02 Å². The van der Waals surface area contributed by atoms with Gasteiger partial charge >= 0.3 is 11.8 Å². The number of hydrogen-bond donors (Lipinski definition) is 5. The molecule has 1 saturated heterocycles. The molecule has 0 bridgehead atoms. The quantitative estimate of drug-likeness (QED) is 0.156. The van der Waals surface area contributed by atoms with Crippen LogP contribution in [-0.4, -0.2) is 101 Å². The Morgan fingerprint density at radius 2 is 1.62 bits per heavy atom. The maximum atomic E-state index is 14.7. The number of nitrogens with one attached hydrogen (secondary N) is 5. The minimum atomic E-state index is -1.18. The van der Waals surface area contributed by atoms with Gasteiger partial charge in [0.05, 0.1) is 17.6 Å². The first kappa shape index (κ1) is 43.5. The number of nitrogens with zero attached hydrogens (tertiary/aromatic N) is 2. The summed E-state index contributed by atoms with van der Waals surface area (Å²) in [5.74, 6) is -5.05. The molecule has 55 heavy (non-hydrogen) atoms. The minimum absolute atomic E-state index is 0.0280. The monoisotopic (exact) mass is 787 g/mol. The zero-order valence-corrected chi connectivity index (χ0v) is 33.6. The predicted octanol–water partition coefficient (Wildman–Crippen LogP) is 2.58. The molecule has 1 aromatic rings. The Bertz CT molecular complexity index is 1560. The maximum absolute atomic E-state index is 14.7. The molecule has 5 atom stereocenters. The summed E-state index contributed by atoms with van der Waals surface area (Å²) in [4.78, 5) is 100. The second-order valence-corrected chi connectivity index (χ2v) is 17.0. The van der Waals surface area contributed by atoms with E-state index in [9.17, 15) is 33.6 Å². The molecule has 16 heteroatoms. The fourth-order valence-corrected chi connectivity index (χ4v) is 7.05. The molecular formula is C39H58ClN7O8. The molecule has 1 aromatic heterocycles. The molecule has 3 fully saturated rings. The third-order valence-electron chi connectivity index (χ3n) is 10.1. The number of amides is 6. The van der Waals surface area contributed by atoms with Crippen molar-refractivity contribution in [2.24, 2.45) is 17.3 Å². The van der Waals surface area contributed by atoms with E-state index < -0.39 is 76.9 Å².